The molecule has 3 aromatic rings. The Balaban J connectivity index is 1.46. The Kier molecular flexibility index (Phi) is 4.87. The minimum Gasteiger partial charge on any atom is -0.382 e. The summed E-state index contributed by atoms with van der Waals surface area (Å²) in [5.41, 5.74) is 1.46. The molecule has 7 nitrogen and oxygen atoms in total. The predicted molar refractivity (Wildman–Crippen MR) is 99.4 cm³/mol. The van der Waals surface area contributed by atoms with Crippen molar-refractivity contribution in [2.24, 2.45) is 0 Å². The van der Waals surface area contributed by atoms with E-state index < -0.39 is 23.9 Å². The number of fused-ring (bicyclic) bond motifs is 1. The Hall–Kier alpha value is -3.14. The molecular weight excluding hydrogens is 387 g/mol. The van der Waals surface area contributed by atoms with Gasteiger partial charge in [-0.1, -0.05) is 12.1 Å². The second kappa shape index (κ2) is 7.36. The third-order valence-corrected chi connectivity index (χ3v) is 4.79. The number of urea groups is 1. The fourth-order valence-corrected chi connectivity index (χ4v) is 3.17. The molecule has 0 saturated heterocycles. The number of hydrogen-bond acceptors (Lipinski definition) is 4. The van der Waals surface area contributed by atoms with Crippen LogP contribution < -0.4 is 10.6 Å². The van der Waals surface area contributed by atoms with Crippen molar-refractivity contribution in [2.75, 3.05) is 19.0 Å². The van der Waals surface area contributed by atoms with Crippen LogP contribution in [0.3, 0.4) is 0 Å². The lowest BCUT2D eigenvalue weighted by Crippen LogP contribution is -2.35. The summed E-state index contributed by atoms with van der Waals surface area (Å²) >= 11 is 0. The van der Waals surface area contributed by atoms with E-state index in [1.54, 1.807) is 12.1 Å². The number of methoxy groups -OCH3 is 1. The number of pyridine rings is 1. The highest BCUT2D eigenvalue weighted by atomic mass is 19.3. The average Bonchev–Trinajstić information content (AvgIpc) is 3.11. The number of benzene rings is 1. The van der Waals surface area contributed by atoms with Crippen molar-refractivity contribution in [1.82, 2.24) is 20.5 Å². The molecular formula is C19H18F3N5O2. The van der Waals surface area contributed by atoms with Gasteiger partial charge < -0.3 is 10.1 Å². The standard InChI is InChI=1S/C19H18F3N5O2/c1-29-9-15(10-2-4-11(20)5-3-10)24-18(28)25-16-6-14-12(8-23-16)17(27-26-14)13-7-19(13,21)22/h2-6,8,13,15H,7,9H2,1H3,(H,26,27)(H2,23,24,25,28)/t13?,15-/m1/s1. The topological polar surface area (TPSA) is 91.9 Å². The van der Waals surface area contributed by atoms with Gasteiger partial charge in [-0.3, -0.25) is 10.4 Å². The normalized spacial score (nSPS) is 18.4. The van der Waals surface area contributed by atoms with E-state index in [4.69, 9.17) is 4.74 Å². The minimum absolute atomic E-state index is 0.186. The Bertz CT molecular complexity index is 1040. The fourth-order valence-electron chi connectivity index (χ4n) is 3.17. The highest BCUT2D eigenvalue weighted by Crippen LogP contribution is 2.56. The number of nitrogens with one attached hydrogen (secondary N) is 3. The number of ether oxygens (including phenoxy) is 1. The maximum Gasteiger partial charge on any atom is 0.320 e. The number of anilines is 1. The van der Waals surface area contributed by atoms with Gasteiger partial charge in [-0.15, -0.1) is 0 Å². The third kappa shape index (κ3) is 4.02. The molecule has 2 atom stereocenters. The van der Waals surface area contributed by atoms with E-state index in [1.807, 2.05) is 0 Å². The second-order valence-corrected chi connectivity index (χ2v) is 6.90. The molecule has 0 spiro atoms. The monoisotopic (exact) mass is 405 g/mol. The van der Waals surface area contributed by atoms with Crippen LogP contribution in [-0.4, -0.2) is 40.9 Å². The van der Waals surface area contributed by atoms with Crippen LogP contribution in [0.1, 0.15) is 29.6 Å². The maximum atomic E-state index is 13.3. The van der Waals surface area contributed by atoms with Crippen LogP contribution in [-0.2, 0) is 4.74 Å². The number of rotatable bonds is 6. The fraction of sp³-hybridized carbons (Fsp3) is 0.316. The molecule has 0 bridgehead atoms. The zero-order valence-electron chi connectivity index (χ0n) is 15.4. The Morgan fingerprint density at radius 1 is 1.38 bits per heavy atom. The molecule has 2 aromatic heterocycles. The van der Waals surface area contributed by atoms with Crippen LogP contribution in [0.2, 0.25) is 0 Å². The van der Waals surface area contributed by atoms with Gasteiger partial charge in [0, 0.05) is 31.2 Å². The molecule has 1 fully saturated rings. The van der Waals surface area contributed by atoms with E-state index in [0.717, 1.165) is 0 Å². The SMILES string of the molecule is COC[C@@H](NC(=O)Nc1cc2[nH]nc(C3CC3(F)F)c2cn1)c1ccc(F)cc1. The van der Waals surface area contributed by atoms with Crippen molar-refractivity contribution < 1.29 is 22.7 Å². The molecule has 0 aliphatic heterocycles. The first-order chi connectivity index (χ1) is 13.9. The number of carbonyl (C=O) groups is 1. The number of aromatic amines is 1. The van der Waals surface area contributed by atoms with Gasteiger partial charge in [-0.05, 0) is 17.7 Å². The molecule has 2 amide bonds. The predicted octanol–water partition coefficient (Wildman–Crippen LogP) is 3.73. The molecule has 4 rings (SSSR count). The van der Waals surface area contributed by atoms with Crippen LogP contribution in [0, 0.1) is 5.82 Å². The molecule has 1 saturated carbocycles. The highest BCUT2D eigenvalue weighted by Gasteiger charge is 2.59. The largest absolute Gasteiger partial charge is 0.382 e. The Morgan fingerprint density at radius 2 is 2.10 bits per heavy atom. The van der Waals surface area contributed by atoms with E-state index in [1.165, 1.54) is 31.5 Å². The zero-order valence-corrected chi connectivity index (χ0v) is 15.4. The summed E-state index contributed by atoms with van der Waals surface area (Å²) in [6, 6.07) is 6.19. The van der Waals surface area contributed by atoms with Crippen molar-refractivity contribution in [2.45, 2.75) is 24.3 Å². The molecule has 2 heterocycles. The van der Waals surface area contributed by atoms with Crippen LogP contribution in [0.4, 0.5) is 23.8 Å². The molecule has 1 aliphatic rings. The molecule has 3 N–H and O–H groups in total. The van der Waals surface area contributed by atoms with Crippen molar-refractivity contribution in [3.05, 3.63) is 53.6 Å². The summed E-state index contributed by atoms with van der Waals surface area (Å²) < 4.78 is 44.9. The van der Waals surface area contributed by atoms with Gasteiger partial charge >= 0.3 is 6.03 Å². The number of amides is 2. The quantitative estimate of drug-likeness (QED) is 0.583. The van der Waals surface area contributed by atoms with Crippen LogP contribution >= 0.6 is 0 Å². The van der Waals surface area contributed by atoms with Crippen molar-refractivity contribution >= 4 is 22.8 Å². The summed E-state index contributed by atoms with van der Waals surface area (Å²) in [6.07, 6.45) is 1.18. The van der Waals surface area contributed by atoms with Gasteiger partial charge in [0.2, 0.25) is 0 Å². The lowest BCUT2D eigenvalue weighted by molar-refractivity contribution is 0.111. The molecule has 0 radical (unpaired) electrons. The summed E-state index contributed by atoms with van der Waals surface area (Å²) in [7, 11) is 1.49. The number of aromatic nitrogens is 3. The first-order valence-electron chi connectivity index (χ1n) is 8.91. The minimum atomic E-state index is -2.73. The molecule has 29 heavy (non-hydrogen) atoms. The van der Waals surface area contributed by atoms with Gasteiger partial charge in [0.1, 0.15) is 11.6 Å². The van der Waals surface area contributed by atoms with Gasteiger partial charge in [0.25, 0.3) is 5.92 Å². The third-order valence-electron chi connectivity index (χ3n) is 4.79. The van der Waals surface area contributed by atoms with E-state index in [2.05, 4.69) is 25.8 Å². The van der Waals surface area contributed by atoms with Gasteiger partial charge in [-0.2, -0.15) is 5.10 Å². The summed E-state index contributed by atoms with van der Waals surface area (Å²) in [5, 5.41) is 12.5. The van der Waals surface area contributed by atoms with Crippen LogP contribution in [0.15, 0.2) is 36.5 Å². The number of hydrogen-bond donors (Lipinski definition) is 3. The van der Waals surface area contributed by atoms with Crippen molar-refractivity contribution in [3.63, 3.8) is 0 Å². The zero-order chi connectivity index (χ0) is 20.6. The number of nitrogens with zero attached hydrogens (tertiary/aromatic N) is 2. The van der Waals surface area contributed by atoms with Crippen molar-refractivity contribution in [1.29, 1.82) is 0 Å². The molecule has 1 aliphatic carbocycles. The van der Waals surface area contributed by atoms with Gasteiger partial charge in [-0.25, -0.2) is 22.9 Å². The van der Waals surface area contributed by atoms with Gasteiger partial charge in [0.15, 0.2) is 0 Å². The lowest BCUT2D eigenvalue weighted by Gasteiger charge is -2.18. The van der Waals surface area contributed by atoms with E-state index in [0.29, 0.717) is 16.5 Å². The number of H-pyrrole nitrogens is 1. The molecule has 1 unspecified atom stereocenters. The lowest BCUT2D eigenvalue weighted by atomic mass is 10.1. The number of halogens is 3. The second-order valence-electron chi connectivity index (χ2n) is 6.90. The molecule has 10 heteroatoms. The first-order valence-corrected chi connectivity index (χ1v) is 8.91. The van der Waals surface area contributed by atoms with E-state index in [-0.39, 0.29) is 30.4 Å². The van der Waals surface area contributed by atoms with E-state index >= 15 is 0 Å². The molecule has 1 aromatic carbocycles. The Labute approximate surface area is 163 Å². The smallest absolute Gasteiger partial charge is 0.320 e. The van der Waals surface area contributed by atoms with Crippen LogP contribution in [0.5, 0.6) is 0 Å². The van der Waals surface area contributed by atoms with Crippen molar-refractivity contribution in [3.8, 4) is 0 Å². The number of carbonyl (C=O) groups excluding carboxylic acids is 1. The van der Waals surface area contributed by atoms with Gasteiger partial charge in [0.05, 0.1) is 29.8 Å². The maximum absolute atomic E-state index is 13.3. The average molecular weight is 405 g/mol. The molecule has 152 valence electrons. The summed E-state index contributed by atoms with van der Waals surface area (Å²) in [6.45, 7) is 0.186. The first kappa shape index (κ1) is 19.2. The summed E-state index contributed by atoms with van der Waals surface area (Å²) in [5.74, 6) is -3.78. The highest BCUT2D eigenvalue weighted by molar-refractivity contribution is 5.91. The Morgan fingerprint density at radius 3 is 2.76 bits per heavy atom. The van der Waals surface area contributed by atoms with E-state index in [9.17, 15) is 18.0 Å². The van der Waals surface area contributed by atoms with Crippen LogP contribution in [0.25, 0.3) is 10.9 Å². The summed E-state index contributed by atoms with van der Waals surface area (Å²) in [4.78, 5) is 16.5. The number of alkyl halides is 2.